The average molecular weight is 351 g/mol. The third kappa shape index (κ3) is 5.65. The summed E-state index contributed by atoms with van der Waals surface area (Å²) in [7, 11) is 0. The first kappa shape index (κ1) is 17.9. The maximum Gasteiger partial charge on any atom is 0.335 e. The number of nitrogens with one attached hydrogen (secondary N) is 2. The smallest absolute Gasteiger partial charge is 0.335 e. The summed E-state index contributed by atoms with van der Waals surface area (Å²) >= 11 is 13.6. The Balaban J connectivity index is 2.70. The first-order chi connectivity index (χ1) is 9.85. The van der Waals surface area contributed by atoms with Crippen LogP contribution in [0.3, 0.4) is 0 Å². The zero-order valence-corrected chi connectivity index (χ0v) is 13.9. The predicted octanol–water partition coefficient (Wildman–Crippen LogP) is 3.81. The van der Waals surface area contributed by atoms with Crippen LogP contribution in [0.25, 0.3) is 0 Å². The van der Waals surface area contributed by atoms with E-state index in [0.717, 1.165) is 5.75 Å². The highest BCUT2D eigenvalue weighted by Crippen LogP contribution is 2.31. The van der Waals surface area contributed by atoms with Gasteiger partial charge in [0.2, 0.25) is 0 Å². The maximum absolute atomic E-state index is 11.8. The summed E-state index contributed by atoms with van der Waals surface area (Å²) in [5.74, 6) is 0.140. The summed E-state index contributed by atoms with van der Waals surface area (Å²) in [6.07, 6.45) is 2.00. The van der Waals surface area contributed by atoms with Crippen LogP contribution in [0.4, 0.5) is 10.5 Å². The van der Waals surface area contributed by atoms with Crippen molar-refractivity contribution < 1.29 is 14.7 Å². The second-order valence-corrected chi connectivity index (χ2v) is 6.24. The Bertz CT molecular complexity index is 517. The van der Waals surface area contributed by atoms with Crippen LogP contribution in [0, 0.1) is 5.92 Å². The standard InChI is InChI=1S/C13H16Cl2N2O3S/c1-7(6-21-2)5-16-13(20)17-11-9(14)3-8(12(18)19)4-10(11)15/h3-4,7H,5-6H2,1-2H3,(H,18,19)(H2,16,17,20). The van der Waals surface area contributed by atoms with Crippen LogP contribution in [-0.2, 0) is 0 Å². The third-order valence-corrected chi connectivity index (χ3v) is 4.09. The van der Waals surface area contributed by atoms with Gasteiger partial charge in [-0.3, -0.25) is 0 Å². The molecule has 0 heterocycles. The highest BCUT2D eigenvalue weighted by atomic mass is 35.5. The summed E-state index contributed by atoms with van der Waals surface area (Å²) in [6, 6.07) is 2.04. The van der Waals surface area contributed by atoms with E-state index < -0.39 is 12.0 Å². The summed E-state index contributed by atoms with van der Waals surface area (Å²) < 4.78 is 0. The predicted molar refractivity (Wildman–Crippen MR) is 88.0 cm³/mol. The number of carbonyl (C=O) groups is 2. The Kier molecular flexibility index (Phi) is 7.14. The van der Waals surface area contributed by atoms with Crippen LogP contribution in [0.1, 0.15) is 17.3 Å². The van der Waals surface area contributed by atoms with Gasteiger partial charge >= 0.3 is 12.0 Å². The number of carbonyl (C=O) groups excluding carboxylic acids is 1. The lowest BCUT2D eigenvalue weighted by atomic mass is 10.2. The highest BCUT2D eigenvalue weighted by Gasteiger charge is 2.14. The lowest BCUT2D eigenvalue weighted by Gasteiger charge is -2.14. The number of carboxylic acid groups (broad SMARTS) is 1. The minimum atomic E-state index is -1.14. The average Bonchev–Trinajstić information content (AvgIpc) is 2.40. The van der Waals surface area contributed by atoms with Crippen molar-refractivity contribution >= 4 is 52.7 Å². The van der Waals surface area contributed by atoms with E-state index in [4.69, 9.17) is 28.3 Å². The first-order valence-electron chi connectivity index (χ1n) is 6.11. The molecule has 0 spiro atoms. The Morgan fingerprint density at radius 3 is 2.38 bits per heavy atom. The molecule has 0 aromatic heterocycles. The zero-order valence-electron chi connectivity index (χ0n) is 11.6. The maximum atomic E-state index is 11.8. The van der Waals surface area contributed by atoms with Crippen LogP contribution in [-0.4, -0.2) is 35.7 Å². The number of thioether (sulfide) groups is 1. The summed E-state index contributed by atoms with van der Waals surface area (Å²) in [6.45, 7) is 2.55. The van der Waals surface area contributed by atoms with Crippen molar-refractivity contribution in [2.75, 3.05) is 23.9 Å². The molecule has 8 heteroatoms. The number of hydrogen-bond acceptors (Lipinski definition) is 3. The van der Waals surface area contributed by atoms with Crippen molar-refractivity contribution in [3.8, 4) is 0 Å². The van der Waals surface area contributed by atoms with Crippen molar-refractivity contribution in [1.82, 2.24) is 5.32 Å². The molecular weight excluding hydrogens is 335 g/mol. The van der Waals surface area contributed by atoms with Gasteiger partial charge in [0.05, 0.1) is 21.3 Å². The molecule has 2 amide bonds. The molecule has 3 N–H and O–H groups in total. The number of urea groups is 1. The fraction of sp³-hybridized carbons (Fsp3) is 0.385. The molecule has 0 saturated heterocycles. The highest BCUT2D eigenvalue weighted by molar-refractivity contribution is 7.98. The van der Waals surface area contributed by atoms with Gasteiger partial charge in [0, 0.05) is 6.54 Å². The number of halogens is 2. The van der Waals surface area contributed by atoms with Crippen LogP contribution in [0.5, 0.6) is 0 Å². The SMILES string of the molecule is CSCC(C)CNC(=O)Nc1c(Cl)cc(C(=O)O)cc1Cl. The molecule has 1 aromatic rings. The molecule has 1 rings (SSSR count). The van der Waals surface area contributed by atoms with Crippen LogP contribution < -0.4 is 10.6 Å². The second kappa shape index (κ2) is 8.36. The number of benzene rings is 1. The molecule has 0 radical (unpaired) electrons. The Labute approximate surface area is 137 Å². The van der Waals surface area contributed by atoms with Gasteiger partial charge in [-0.1, -0.05) is 30.1 Å². The second-order valence-electron chi connectivity index (χ2n) is 4.52. The van der Waals surface area contributed by atoms with E-state index in [9.17, 15) is 9.59 Å². The van der Waals surface area contributed by atoms with Crippen LogP contribution >= 0.6 is 35.0 Å². The summed E-state index contributed by atoms with van der Waals surface area (Å²) in [5, 5.41) is 14.3. The van der Waals surface area contributed by atoms with E-state index in [-0.39, 0.29) is 21.3 Å². The molecule has 1 atom stereocenters. The lowest BCUT2D eigenvalue weighted by molar-refractivity contribution is 0.0697. The van der Waals surface area contributed by atoms with E-state index in [2.05, 4.69) is 10.6 Å². The molecule has 0 fully saturated rings. The molecule has 0 aliphatic carbocycles. The van der Waals surface area contributed by atoms with E-state index in [0.29, 0.717) is 12.5 Å². The van der Waals surface area contributed by atoms with E-state index in [1.807, 2.05) is 13.2 Å². The summed E-state index contributed by atoms with van der Waals surface area (Å²) in [4.78, 5) is 22.6. The van der Waals surface area contributed by atoms with E-state index in [1.54, 1.807) is 11.8 Å². The van der Waals surface area contributed by atoms with Gasteiger partial charge in [-0.15, -0.1) is 0 Å². The van der Waals surface area contributed by atoms with Crippen LogP contribution in [0.15, 0.2) is 12.1 Å². The Hall–Kier alpha value is -1.11. The number of hydrogen-bond donors (Lipinski definition) is 3. The molecule has 1 unspecified atom stereocenters. The monoisotopic (exact) mass is 350 g/mol. The molecule has 0 bridgehead atoms. The van der Waals surface area contributed by atoms with Gasteiger partial charge < -0.3 is 15.7 Å². The number of rotatable bonds is 6. The van der Waals surface area contributed by atoms with Gasteiger partial charge in [0.25, 0.3) is 0 Å². The quantitative estimate of drug-likeness (QED) is 0.728. The van der Waals surface area contributed by atoms with Gasteiger partial charge in [0.1, 0.15) is 0 Å². The molecule has 0 aliphatic heterocycles. The fourth-order valence-electron chi connectivity index (χ4n) is 1.58. The van der Waals surface area contributed by atoms with Crippen molar-refractivity contribution in [2.45, 2.75) is 6.92 Å². The van der Waals surface area contributed by atoms with Gasteiger partial charge in [-0.2, -0.15) is 11.8 Å². The molecule has 0 saturated carbocycles. The molecule has 1 aromatic carbocycles. The number of aromatic carboxylic acids is 1. The van der Waals surface area contributed by atoms with Crippen molar-refractivity contribution in [1.29, 1.82) is 0 Å². The Morgan fingerprint density at radius 2 is 1.90 bits per heavy atom. The van der Waals surface area contributed by atoms with E-state index in [1.165, 1.54) is 12.1 Å². The minimum absolute atomic E-state index is 0.0375. The molecular formula is C13H16Cl2N2O3S. The fourth-order valence-corrected chi connectivity index (χ4v) is 2.85. The van der Waals surface area contributed by atoms with Gasteiger partial charge in [0.15, 0.2) is 0 Å². The van der Waals surface area contributed by atoms with Crippen LogP contribution in [0.2, 0.25) is 10.0 Å². The van der Waals surface area contributed by atoms with Crippen molar-refractivity contribution in [3.05, 3.63) is 27.7 Å². The number of amides is 2. The molecule has 116 valence electrons. The molecule has 0 aliphatic rings. The zero-order chi connectivity index (χ0) is 16.0. The summed E-state index contributed by atoms with van der Waals surface area (Å²) in [5.41, 5.74) is 0.155. The third-order valence-electron chi connectivity index (χ3n) is 2.59. The van der Waals surface area contributed by atoms with Crippen molar-refractivity contribution in [3.63, 3.8) is 0 Å². The minimum Gasteiger partial charge on any atom is -0.478 e. The largest absolute Gasteiger partial charge is 0.478 e. The first-order valence-corrected chi connectivity index (χ1v) is 8.26. The van der Waals surface area contributed by atoms with Gasteiger partial charge in [-0.25, -0.2) is 9.59 Å². The normalized spacial score (nSPS) is 11.8. The topological polar surface area (TPSA) is 78.4 Å². The van der Waals surface area contributed by atoms with E-state index >= 15 is 0 Å². The van der Waals surface area contributed by atoms with Crippen molar-refractivity contribution in [2.24, 2.45) is 5.92 Å². The number of carboxylic acids is 1. The number of anilines is 1. The molecule has 5 nitrogen and oxygen atoms in total. The Morgan fingerprint density at radius 1 is 1.33 bits per heavy atom. The lowest BCUT2D eigenvalue weighted by Crippen LogP contribution is -2.33. The molecule has 21 heavy (non-hydrogen) atoms. The van der Waals surface area contributed by atoms with Gasteiger partial charge in [-0.05, 0) is 30.1 Å².